The highest BCUT2D eigenvalue weighted by atomic mass is 16.5. The van der Waals surface area contributed by atoms with Gasteiger partial charge < -0.3 is 9.84 Å². The zero-order valence-electron chi connectivity index (χ0n) is 12.2. The van der Waals surface area contributed by atoms with Crippen LogP contribution in [0.4, 0.5) is 0 Å². The zero-order valence-corrected chi connectivity index (χ0v) is 12.2. The summed E-state index contributed by atoms with van der Waals surface area (Å²) < 4.78 is 7.26. The molecule has 3 heterocycles. The predicted molar refractivity (Wildman–Crippen MR) is 76.4 cm³/mol. The Labute approximate surface area is 120 Å². The van der Waals surface area contributed by atoms with Crippen LogP contribution in [-0.2, 0) is 18.2 Å². The van der Waals surface area contributed by atoms with Crippen molar-refractivity contribution < 1.29 is 9.84 Å². The van der Waals surface area contributed by atoms with Crippen molar-refractivity contribution >= 4 is 0 Å². The summed E-state index contributed by atoms with van der Waals surface area (Å²) >= 11 is 0. The van der Waals surface area contributed by atoms with Gasteiger partial charge in [-0.05, 0) is 37.2 Å². The number of hydrogen-bond acceptors (Lipinski definition) is 4. The van der Waals surface area contributed by atoms with Crippen LogP contribution in [0.25, 0.3) is 0 Å². The number of aryl methyl sites for hydroxylation is 1. The van der Waals surface area contributed by atoms with Gasteiger partial charge in [0.05, 0.1) is 12.3 Å². The molecule has 2 aliphatic rings. The smallest absolute Gasteiger partial charge is 0.0710 e. The molecule has 0 saturated carbocycles. The van der Waals surface area contributed by atoms with Crippen LogP contribution in [0.2, 0.25) is 0 Å². The molecule has 1 N–H and O–H groups in total. The molecule has 1 aromatic heterocycles. The Kier molecular flexibility index (Phi) is 4.38. The molecule has 5 nitrogen and oxygen atoms in total. The van der Waals surface area contributed by atoms with E-state index in [0.29, 0.717) is 0 Å². The lowest BCUT2D eigenvalue weighted by Gasteiger charge is -2.31. The molecule has 0 bridgehead atoms. The fraction of sp³-hybridized carbons (Fsp3) is 0.800. The van der Waals surface area contributed by atoms with Crippen molar-refractivity contribution in [2.24, 2.45) is 13.0 Å². The highest BCUT2D eigenvalue weighted by Gasteiger charge is 2.34. The molecule has 20 heavy (non-hydrogen) atoms. The minimum absolute atomic E-state index is 0.199. The first-order valence-corrected chi connectivity index (χ1v) is 7.70. The number of aliphatic hydroxyl groups excluding tert-OH is 1. The highest BCUT2D eigenvalue weighted by Crippen LogP contribution is 2.25. The molecule has 5 heteroatoms. The molecule has 0 amide bonds. The van der Waals surface area contributed by atoms with Gasteiger partial charge in [0.25, 0.3) is 0 Å². The summed E-state index contributed by atoms with van der Waals surface area (Å²) in [7, 11) is 1.94. The third-order valence-corrected chi connectivity index (χ3v) is 4.66. The van der Waals surface area contributed by atoms with Gasteiger partial charge in [0.1, 0.15) is 0 Å². The van der Waals surface area contributed by atoms with E-state index in [-0.39, 0.29) is 12.1 Å². The second kappa shape index (κ2) is 6.24. The lowest BCUT2D eigenvalue weighted by Crippen LogP contribution is -2.40. The van der Waals surface area contributed by atoms with E-state index in [1.165, 1.54) is 5.56 Å². The molecule has 112 valence electrons. The Balaban J connectivity index is 1.60. The number of aromatic nitrogens is 2. The first-order chi connectivity index (χ1) is 9.72. The van der Waals surface area contributed by atoms with Crippen LogP contribution in [0.5, 0.6) is 0 Å². The summed E-state index contributed by atoms with van der Waals surface area (Å²) in [6, 6.07) is 0.252. The van der Waals surface area contributed by atoms with E-state index >= 15 is 0 Å². The van der Waals surface area contributed by atoms with E-state index in [0.717, 1.165) is 57.9 Å². The quantitative estimate of drug-likeness (QED) is 0.887. The van der Waals surface area contributed by atoms with Gasteiger partial charge in [0, 0.05) is 45.6 Å². The summed E-state index contributed by atoms with van der Waals surface area (Å²) in [5.74, 6) is 0.727. The molecule has 0 aromatic carbocycles. The van der Waals surface area contributed by atoms with Gasteiger partial charge in [0.15, 0.2) is 0 Å². The Bertz CT molecular complexity index is 429. The van der Waals surface area contributed by atoms with E-state index in [4.69, 9.17) is 4.74 Å². The number of ether oxygens (including phenoxy) is 1. The molecule has 0 spiro atoms. The molecule has 3 rings (SSSR count). The Morgan fingerprint density at radius 1 is 1.35 bits per heavy atom. The fourth-order valence-corrected chi connectivity index (χ4v) is 3.47. The number of hydrogen-bond donors (Lipinski definition) is 1. The molecule has 1 aromatic rings. The summed E-state index contributed by atoms with van der Waals surface area (Å²) in [5.41, 5.74) is 1.22. The van der Waals surface area contributed by atoms with Crippen LogP contribution in [0.15, 0.2) is 12.4 Å². The molecule has 0 radical (unpaired) electrons. The first-order valence-electron chi connectivity index (χ1n) is 7.70. The minimum Gasteiger partial charge on any atom is -0.391 e. The summed E-state index contributed by atoms with van der Waals surface area (Å²) in [5, 5.41) is 14.5. The van der Waals surface area contributed by atoms with Crippen molar-refractivity contribution in [2.75, 3.05) is 26.3 Å². The summed E-state index contributed by atoms with van der Waals surface area (Å²) in [6.45, 7) is 3.91. The van der Waals surface area contributed by atoms with Crippen LogP contribution in [0.3, 0.4) is 0 Å². The van der Waals surface area contributed by atoms with Gasteiger partial charge in [-0.3, -0.25) is 9.58 Å². The second-order valence-corrected chi connectivity index (χ2v) is 6.20. The molecule has 2 atom stereocenters. The van der Waals surface area contributed by atoms with E-state index in [1.807, 2.05) is 17.9 Å². The lowest BCUT2D eigenvalue weighted by atomic mass is 9.98. The van der Waals surface area contributed by atoms with Crippen molar-refractivity contribution in [3.05, 3.63) is 18.0 Å². The van der Waals surface area contributed by atoms with Gasteiger partial charge in [-0.2, -0.15) is 5.10 Å². The number of aliphatic hydroxyl groups is 1. The topological polar surface area (TPSA) is 50.5 Å². The second-order valence-electron chi connectivity index (χ2n) is 6.20. The third kappa shape index (κ3) is 3.22. The van der Waals surface area contributed by atoms with Gasteiger partial charge in [-0.1, -0.05) is 0 Å². The first kappa shape index (κ1) is 14.0. The standard InChI is InChI=1S/C15H25N3O2/c1-17-10-13(9-16-17)8-14-15(19)2-5-18(14)11-12-3-6-20-7-4-12/h9-10,12,14-15,19H,2-8,11H2,1H3/t14-,15+/m1/s1. The van der Waals surface area contributed by atoms with Crippen molar-refractivity contribution in [1.29, 1.82) is 0 Å². The number of nitrogens with zero attached hydrogens (tertiary/aromatic N) is 3. The van der Waals surface area contributed by atoms with Crippen LogP contribution in [0, 0.1) is 5.92 Å². The fourth-order valence-electron chi connectivity index (χ4n) is 3.47. The zero-order chi connectivity index (χ0) is 13.9. The Morgan fingerprint density at radius 2 is 2.15 bits per heavy atom. The Morgan fingerprint density at radius 3 is 2.85 bits per heavy atom. The monoisotopic (exact) mass is 279 g/mol. The van der Waals surface area contributed by atoms with Gasteiger partial charge in [-0.25, -0.2) is 0 Å². The summed E-state index contributed by atoms with van der Waals surface area (Å²) in [4.78, 5) is 2.48. The molecular weight excluding hydrogens is 254 g/mol. The molecule has 2 saturated heterocycles. The molecule has 2 aliphatic heterocycles. The van der Waals surface area contributed by atoms with Gasteiger partial charge in [0.2, 0.25) is 0 Å². The van der Waals surface area contributed by atoms with Crippen molar-refractivity contribution in [2.45, 2.75) is 37.8 Å². The SMILES string of the molecule is Cn1cc(C[C@@H]2[C@@H](O)CCN2CC2CCOCC2)cn1. The van der Waals surface area contributed by atoms with Gasteiger partial charge >= 0.3 is 0 Å². The van der Waals surface area contributed by atoms with Crippen LogP contribution in [0.1, 0.15) is 24.8 Å². The maximum atomic E-state index is 10.3. The van der Waals surface area contributed by atoms with Crippen LogP contribution >= 0.6 is 0 Å². The van der Waals surface area contributed by atoms with E-state index < -0.39 is 0 Å². The average molecular weight is 279 g/mol. The van der Waals surface area contributed by atoms with Crippen molar-refractivity contribution in [1.82, 2.24) is 14.7 Å². The minimum atomic E-state index is -0.199. The van der Waals surface area contributed by atoms with Crippen LogP contribution < -0.4 is 0 Å². The van der Waals surface area contributed by atoms with Crippen LogP contribution in [-0.4, -0.2) is 58.2 Å². The predicted octanol–water partition coefficient (Wildman–Crippen LogP) is 0.824. The van der Waals surface area contributed by atoms with E-state index in [9.17, 15) is 5.11 Å². The number of likely N-dealkylation sites (tertiary alicyclic amines) is 1. The summed E-state index contributed by atoms with van der Waals surface area (Å²) in [6.07, 6.45) is 7.88. The number of rotatable bonds is 4. The average Bonchev–Trinajstić information content (AvgIpc) is 3.01. The highest BCUT2D eigenvalue weighted by molar-refractivity contribution is 5.08. The normalized spacial score (nSPS) is 29.1. The van der Waals surface area contributed by atoms with E-state index in [1.54, 1.807) is 0 Å². The van der Waals surface area contributed by atoms with Crippen molar-refractivity contribution in [3.63, 3.8) is 0 Å². The van der Waals surface area contributed by atoms with Crippen molar-refractivity contribution in [3.8, 4) is 0 Å². The lowest BCUT2D eigenvalue weighted by molar-refractivity contribution is 0.0434. The maximum Gasteiger partial charge on any atom is 0.0710 e. The molecular formula is C15H25N3O2. The molecule has 2 fully saturated rings. The largest absolute Gasteiger partial charge is 0.391 e. The Hall–Kier alpha value is -0.910. The third-order valence-electron chi connectivity index (χ3n) is 4.66. The van der Waals surface area contributed by atoms with Gasteiger partial charge in [-0.15, -0.1) is 0 Å². The molecule has 0 unspecified atom stereocenters. The maximum absolute atomic E-state index is 10.3. The molecule has 0 aliphatic carbocycles. The van der Waals surface area contributed by atoms with E-state index in [2.05, 4.69) is 16.2 Å².